The van der Waals surface area contributed by atoms with Gasteiger partial charge in [0.1, 0.15) is 0 Å². The third-order valence-corrected chi connectivity index (χ3v) is 6.35. The van der Waals surface area contributed by atoms with Crippen LogP contribution in [-0.4, -0.2) is 47.1 Å². The number of carboxylic acids is 1. The van der Waals surface area contributed by atoms with Crippen LogP contribution in [0.4, 0.5) is 5.69 Å². The number of pyridine rings is 1. The minimum Gasteiger partial charge on any atom is -0.481 e. The molecule has 0 radical (unpaired) electrons. The maximum atomic E-state index is 11.1. The molecule has 2 aliphatic rings. The largest absolute Gasteiger partial charge is 0.481 e. The molecule has 1 aromatic carbocycles. The molecule has 2 saturated heterocycles. The summed E-state index contributed by atoms with van der Waals surface area (Å²) in [6, 6.07) is 9.83. The van der Waals surface area contributed by atoms with Gasteiger partial charge in [-0.2, -0.15) is 0 Å². The van der Waals surface area contributed by atoms with Crippen LogP contribution >= 0.6 is 23.2 Å². The molecule has 1 aromatic heterocycles. The molecule has 4 rings (SSSR count). The van der Waals surface area contributed by atoms with Crippen LogP contribution in [0.2, 0.25) is 10.0 Å². The van der Waals surface area contributed by atoms with Gasteiger partial charge in [-0.15, -0.1) is 0 Å². The van der Waals surface area contributed by atoms with E-state index in [1.807, 2.05) is 24.4 Å². The van der Waals surface area contributed by atoms with Crippen molar-refractivity contribution in [1.82, 2.24) is 9.88 Å². The van der Waals surface area contributed by atoms with E-state index < -0.39 is 5.97 Å². The summed E-state index contributed by atoms with van der Waals surface area (Å²) in [6.07, 6.45) is 3.40. The van der Waals surface area contributed by atoms with E-state index in [0.717, 1.165) is 56.9 Å². The zero-order valence-corrected chi connectivity index (χ0v) is 17.0. The Morgan fingerprint density at radius 1 is 1.11 bits per heavy atom. The molecule has 0 bridgehead atoms. The summed E-state index contributed by atoms with van der Waals surface area (Å²) >= 11 is 12.6. The quantitative estimate of drug-likeness (QED) is 0.782. The number of aliphatic carboxylic acids is 1. The van der Waals surface area contributed by atoms with E-state index in [0.29, 0.717) is 16.0 Å². The summed E-state index contributed by atoms with van der Waals surface area (Å²) in [4.78, 5) is 20.2. The first-order valence-corrected chi connectivity index (χ1v) is 10.4. The van der Waals surface area contributed by atoms with Crippen LogP contribution in [0.1, 0.15) is 30.0 Å². The highest BCUT2D eigenvalue weighted by Crippen LogP contribution is 2.39. The van der Waals surface area contributed by atoms with E-state index in [1.54, 1.807) is 0 Å². The minimum absolute atomic E-state index is 0.190. The molecular weight excluding hydrogens is 397 g/mol. The fraction of sp³-hybridized carbons (Fsp3) is 0.429. The maximum Gasteiger partial charge on any atom is 0.306 e. The normalized spacial score (nSPS) is 18.9. The number of hydrogen-bond donors (Lipinski definition) is 1. The Morgan fingerprint density at radius 3 is 2.36 bits per heavy atom. The molecule has 1 N–H and O–H groups in total. The first-order chi connectivity index (χ1) is 13.5. The summed E-state index contributed by atoms with van der Waals surface area (Å²) in [6.45, 7) is 4.20. The lowest BCUT2D eigenvalue weighted by Gasteiger charge is -2.41. The number of hydrogen-bond acceptors (Lipinski definition) is 4. The molecule has 2 fully saturated rings. The van der Waals surface area contributed by atoms with Crippen molar-refractivity contribution in [2.75, 3.05) is 31.1 Å². The standard InChI is InChI=1S/C21H23Cl2N3O2/c22-17-2-1-3-18(23)20(17)26-12-16(13-26)19-5-4-14(10-24-19)11-25-8-6-15(7-9-25)21(27)28/h1-5,10,15-16H,6-9,11-13H2,(H,27,28). The van der Waals surface area contributed by atoms with Crippen LogP contribution in [-0.2, 0) is 11.3 Å². The summed E-state index contributed by atoms with van der Waals surface area (Å²) < 4.78 is 0. The fourth-order valence-electron chi connectivity index (χ4n) is 4.01. The summed E-state index contributed by atoms with van der Waals surface area (Å²) in [5, 5.41) is 10.5. The Kier molecular flexibility index (Phi) is 5.76. The van der Waals surface area contributed by atoms with E-state index in [1.165, 1.54) is 5.56 Å². The SMILES string of the molecule is O=C(O)C1CCN(Cc2ccc(C3CN(c4c(Cl)cccc4Cl)C3)nc2)CC1. The highest BCUT2D eigenvalue weighted by Gasteiger charge is 2.31. The van der Waals surface area contributed by atoms with E-state index in [4.69, 9.17) is 28.3 Å². The van der Waals surface area contributed by atoms with Gasteiger partial charge in [-0.1, -0.05) is 35.3 Å². The molecule has 7 heteroatoms. The van der Waals surface area contributed by atoms with Crippen molar-refractivity contribution in [2.24, 2.45) is 5.92 Å². The Balaban J connectivity index is 1.31. The van der Waals surface area contributed by atoms with Crippen LogP contribution in [0.25, 0.3) is 0 Å². The van der Waals surface area contributed by atoms with Crippen LogP contribution in [0.3, 0.4) is 0 Å². The van der Waals surface area contributed by atoms with Gasteiger partial charge in [-0.05, 0) is 49.7 Å². The van der Waals surface area contributed by atoms with Crippen molar-refractivity contribution in [3.05, 3.63) is 57.8 Å². The van der Waals surface area contributed by atoms with Crippen LogP contribution in [0.5, 0.6) is 0 Å². The van der Waals surface area contributed by atoms with Gasteiger partial charge in [-0.25, -0.2) is 0 Å². The van der Waals surface area contributed by atoms with Crippen molar-refractivity contribution in [2.45, 2.75) is 25.3 Å². The van der Waals surface area contributed by atoms with Crippen molar-refractivity contribution in [3.63, 3.8) is 0 Å². The van der Waals surface area contributed by atoms with Crippen LogP contribution < -0.4 is 4.90 Å². The molecule has 0 unspecified atom stereocenters. The first kappa shape index (κ1) is 19.5. The van der Waals surface area contributed by atoms with Gasteiger partial charge in [0.15, 0.2) is 0 Å². The van der Waals surface area contributed by atoms with Crippen LogP contribution in [0, 0.1) is 5.92 Å². The van der Waals surface area contributed by atoms with Gasteiger partial charge >= 0.3 is 5.97 Å². The number of benzene rings is 1. The van der Waals surface area contributed by atoms with Gasteiger partial charge in [0.2, 0.25) is 0 Å². The second kappa shape index (κ2) is 8.27. The lowest BCUT2D eigenvalue weighted by molar-refractivity contribution is -0.143. The maximum absolute atomic E-state index is 11.1. The summed E-state index contributed by atoms with van der Waals surface area (Å²) in [5.74, 6) is -0.476. The second-order valence-electron chi connectivity index (χ2n) is 7.65. The zero-order chi connectivity index (χ0) is 19.7. The van der Waals surface area contributed by atoms with Gasteiger partial charge in [0.25, 0.3) is 0 Å². The van der Waals surface area contributed by atoms with Crippen LogP contribution in [0.15, 0.2) is 36.5 Å². The molecule has 148 valence electrons. The average molecular weight is 420 g/mol. The summed E-state index contributed by atoms with van der Waals surface area (Å²) in [7, 11) is 0. The molecule has 3 heterocycles. The third-order valence-electron chi connectivity index (χ3n) is 5.74. The molecular formula is C21H23Cl2N3O2. The second-order valence-corrected chi connectivity index (χ2v) is 8.47. The Morgan fingerprint density at radius 2 is 1.79 bits per heavy atom. The van der Waals surface area contributed by atoms with E-state index in [2.05, 4.69) is 26.9 Å². The predicted octanol–water partition coefficient (Wildman–Crippen LogP) is 4.29. The number of carbonyl (C=O) groups is 1. The van der Waals surface area contributed by atoms with Crippen molar-refractivity contribution in [1.29, 1.82) is 0 Å². The number of aromatic nitrogens is 1. The highest BCUT2D eigenvalue weighted by atomic mass is 35.5. The van der Waals surface area contributed by atoms with E-state index in [9.17, 15) is 4.79 Å². The average Bonchev–Trinajstić information content (AvgIpc) is 2.64. The topological polar surface area (TPSA) is 56.7 Å². The number of piperidine rings is 1. The molecule has 5 nitrogen and oxygen atoms in total. The number of nitrogens with zero attached hydrogens (tertiary/aromatic N) is 3. The third kappa shape index (κ3) is 4.12. The number of halogens is 2. The molecule has 0 aliphatic carbocycles. The van der Waals surface area contributed by atoms with Gasteiger partial charge in [0, 0.05) is 37.4 Å². The van der Waals surface area contributed by atoms with E-state index >= 15 is 0 Å². The molecule has 28 heavy (non-hydrogen) atoms. The molecule has 0 saturated carbocycles. The zero-order valence-electron chi connectivity index (χ0n) is 15.5. The van der Waals surface area contributed by atoms with Crippen molar-refractivity contribution >= 4 is 34.9 Å². The summed E-state index contributed by atoms with van der Waals surface area (Å²) in [5.41, 5.74) is 3.17. The smallest absolute Gasteiger partial charge is 0.306 e. The molecule has 0 amide bonds. The Hall–Kier alpha value is -1.82. The lowest BCUT2D eigenvalue weighted by Crippen LogP contribution is -2.45. The minimum atomic E-state index is -0.668. The highest BCUT2D eigenvalue weighted by molar-refractivity contribution is 6.39. The number of rotatable bonds is 5. The van der Waals surface area contributed by atoms with Gasteiger partial charge < -0.3 is 10.0 Å². The van der Waals surface area contributed by atoms with Gasteiger partial charge in [0.05, 0.1) is 21.7 Å². The predicted molar refractivity (Wildman–Crippen MR) is 111 cm³/mol. The first-order valence-electron chi connectivity index (χ1n) is 9.60. The molecule has 2 aliphatic heterocycles. The number of likely N-dealkylation sites (tertiary alicyclic amines) is 1. The Labute approximate surface area is 174 Å². The van der Waals surface area contributed by atoms with Gasteiger partial charge in [-0.3, -0.25) is 14.7 Å². The Bertz CT molecular complexity index is 825. The number of para-hydroxylation sites is 1. The van der Waals surface area contributed by atoms with Crippen molar-refractivity contribution < 1.29 is 9.90 Å². The van der Waals surface area contributed by atoms with Crippen molar-refractivity contribution in [3.8, 4) is 0 Å². The lowest BCUT2D eigenvalue weighted by atomic mass is 9.94. The monoisotopic (exact) mass is 419 g/mol. The fourth-order valence-corrected chi connectivity index (χ4v) is 4.64. The number of anilines is 1. The molecule has 0 atom stereocenters. The number of carboxylic acid groups (broad SMARTS) is 1. The molecule has 2 aromatic rings. The van der Waals surface area contributed by atoms with E-state index in [-0.39, 0.29) is 5.92 Å². The molecule has 0 spiro atoms.